The lowest BCUT2D eigenvalue weighted by atomic mass is 9.84. The molecule has 5 heterocycles. The molecule has 0 bridgehead atoms. The van der Waals surface area contributed by atoms with E-state index in [4.69, 9.17) is 10.5 Å². The first-order valence-corrected chi connectivity index (χ1v) is 22.4. The summed E-state index contributed by atoms with van der Waals surface area (Å²) in [5, 5.41) is 18.4. The van der Waals surface area contributed by atoms with Crippen molar-refractivity contribution < 1.29 is 33.8 Å². The minimum atomic E-state index is -1.12. The summed E-state index contributed by atoms with van der Waals surface area (Å²) in [6.45, 7) is 5.76. The normalized spacial score (nSPS) is 20.2. The molecule has 332 valence electrons. The van der Waals surface area contributed by atoms with Crippen LogP contribution in [-0.4, -0.2) is 93.2 Å². The number of anilines is 2. The zero-order valence-electron chi connectivity index (χ0n) is 36.3. The maximum Gasteiger partial charge on any atom is 0.355 e. The molecule has 64 heavy (non-hydrogen) atoms. The number of carbonyl (C=O) groups excluding carboxylic acids is 4. The number of piperidine rings is 1. The van der Waals surface area contributed by atoms with Crippen LogP contribution >= 0.6 is 0 Å². The standard InChI is InChI=1S/C49H54N8O7/c1-29-34(35-16-18-42(51-46(35)49(62)63)57-22-21-31-5-3-7-36(47(50)60)39(31)28-57)6-4-8-41(29)64-33-13-9-30(10-14-33)11-20-44(59)56-25-23-55(24-26-56)32-12-15-37-40(27-32)54(2)53-45(37)38-17-19-43(58)52-48(38)61/h3-8,12,15-16,18,27,30,33,38H,9-11,13-14,17,19-26,28H2,1-2H3,(H2,50,60)(H,62,63)(H,52,58,61). The molecular formula is C49H54N8O7. The summed E-state index contributed by atoms with van der Waals surface area (Å²) in [5.74, 6) is -0.697. The molecule has 4 amide bonds. The molecule has 3 fully saturated rings. The molecule has 3 aliphatic heterocycles. The highest BCUT2D eigenvalue weighted by molar-refractivity contribution is 6.03. The fraction of sp³-hybridized carbons (Fsp3) is 0.408. The molecular weight excluding hydrogens is 813 g/mol. The van der Waals surface area contributed by atoms with Crippen LogP contribution in [0.2, 0.25) is 0 Å². The second-order valence-electron chi connectivity index (χ2n) is 17.7. The van der Waals surface area contributed by atoms with Crippen molar-refractivity contribution in [1.82, 2.24) is 25.0 Å². The van der Waals surface area contributed by atoms with Crippen molar-refractivity contribution in [2.45, 2.75) is 83.3 Å². The summed E-state index contributed by atoms with van der Waals surface area (Å²) in [6.07, 6.45) is 6.56. The van der Waals surface area contributed by atoms with Gasteiger partial charge in [-0.25, -0.2) is 9.78 Å². The second-order valence-corrected chi connectivity index (χ2v) is 17.7. The molecule has 4 aliphatic rings. The van der Waals surface area contributed by atoms with Gasteiger partial charge in [0.05, 0.1) is 23.2 Å². The molecule has 5 aromatic rings. The van der Waals surface area contributed by atoms with Crippen LogP contribution in [0.3, 0.4) is 0 Å². The number of aryl methyl sites for hydroxylation is 1. The molecule has 1 saturated carbocycles. The number of nitrogens with zero attached hydrogens (tertiary/aromatic N) is 6. The first-order valence-electron chi connectivity index (χ1n) is 22.4. The Balaban J connectivity index is 0.761. The van der Waals surface area contributed by atoms with E-state index in [0.717, 1.165) is 89.8 Å². The summed E-state index contributed by atoms with van der Waals surface area (Å²) >= 11 is 0. The van der Waals surface area contributed by atoms with Gasteiger partial charge in [0.25, 0.3) is 0 Å². The first kappa shape index (κ1) is 42.5. The second kappa shape index (κ2) is 17.8. The van der Waals surface area contributed by atoms with E-state index in [2.05, 4.69) is 32.4 Å². The monoisotopic (exact) mass is 866 g/mol. The Kier molecular flexibility index (Phi) is 11.8. The number of pyridine rings is 1. The van der Waals surface area contributed by atoms with Crippen LogP contribution in [0, 0.1) is 12.8 Å². The van der Waals surface area contributed by atoms with E-state index < -0.39 is 17.8 Å². The van der Waals surface area contributed by atoms with Crippen molar-refractivity contribution in [3.63, 3.8) is 0 Å². The number of primary amides is 1. The van der Waals surface area contributed by atoms with E-state index in [-0.39, 0.29) is 29.5 Å². The number of fused-ring (bicyclic) bond motifs is 2. The molecule has 15 heteroatoms. The van der Waals surface area contributed by atoms with Crippen molar-refractivity contribution in [3.05, 3.63) is 100 Å². The van der Waals surface area contributed by atoms with Gasteiger partial charge in [-0.2, -0.15) is 5.10 Å². The van der Waals surface area contributed by atoms with Gasteiger partial charge in [-0.3, -0.25) is 29.2 Å². The highest BCUT2D eigenvalue weighted by Gasteiger charge is 2.33. The Morgan fingerprint density at radius 3 is 2.41 bits per heavy atom. The van der Waals surface area contributed by atoms with Gasteiger partial charge in [0.15, 0.2) is 5.69 Å². The van der Waals surface area contributed by atoms with Gasteiger partial charge in [-0.05, 0) is 123 Å². The number of aromatic carboxylic acids is 1. The maximum absolute atomic E-state index is 13.4. The van der Waals surface area contributed by atoms with Gasteiger partial charge >= 0.3 is 5.97 Å². The molecule has 9 rings (SSSR count). The number of aromatic nitrogens is 3. The maximum atomic E-state index is 13.4. The summed E-state index contributed by atoms with van der Waals surface area (Å²) < 4.78 is 8.39. The van der Waals surface area contributed by atoms with Gasteiger partial charge in [-0.1, -0.05) is 24.3 Å². The largest absolute Gasteiger partial charge is 0.490 e. The first-order chi connectivity index (χ1) is 30.9. The Hall–Kier alpha value is -6.77. The molecule has 0 radical (unpaired) electrons. The quantitative estimate of drug-likeness (QED) is 0.134. The highest BCUT2D eigenvalue weighted by atomic mass is 16.5. The van der Waals surface area contributed by atoms with Crippen LogP contribution < -0.4 is 25.6 Å². The van der Waals surface area contributed by atoms with E-state index in [0.29, 0.717) is 80.4 Å². The van der Waals surface area contributed by atoms with E-state index in [9.17, 15) is 29.1 Å². The SMILES string of the molecule is Cc1c(OC2CCC(CCC(=O)N3CCN(c4ccc5c(C6CCC(=O)NC6=O)nn(C)c5c4)CC3)CC2)cccc1-c1ccc(N2CCc3cccc(C(N)=O)c3C2)nc1C(=O)O. The lowest BCUT2D eigenvalue weighted by Crippen LogP contribution is -2.48. The molecule has 0 spiro atoms. The zero-order chi connectivity index (χ0) is 44.6. The minimum Gasteiger partial charge on any atom is -0.490 e. The Labute approximate surface area is 371 Å². The van der Waals surface area contributed by atoms with Crippen molar-refractivity contribution in [1.29, 1.82) is 0 Å². The van der Waals surface area contributed by atoms with Gasteiger partial charge in [-0.15, -0.1) is 0 Å². The van der Waals surface area contributed by atoms with Gasteiger partial charge in [0.1, 0.15) is 11.6 Å². The molecule has 2 saturated heterocycles. The Morgan fingerprint density at radius 1 is 0.875 bits per heavy atom. The number of amides is 4. The number of carboxylic acid groups (broad SMARTS) is 1. The van der Waals surface area contributed by atoms with E-state index in [1.165, 1.54) is 0 Å². The number of carboxylic acids is 1. The van der Waals surface area contributed by atoms with Crippen molar-refractivity contribution in [3.8, 4) is 16.9 Å². The molecule has 1 aliphatic carbocycles. The molecule has 1 atom stereocenters. The fourth-order valence-corrected chi connectivity index (χ4v) is 10.1. The van der Waals surface area contributed by atoms with Gasteiger partial charge < -0.3 is 30.3 Å². The number of piperazine rings is 1. The zero-order valence-corrected chi connectivity index (χ0v) is 36.3. The number of hydrogen-bond acceptors (Lipinski definition) is 10. The van der Waals surface area contributed by atoms with E-state index in [1.54, 1.807) is 10.7 Å². The molecule has 4 N–H and O–H groups in total. The Bertz CT molecular complexity index is 2660. The van der Waals surface area contributed by atoms with Crippen molar-refractivity contribution >= 4 is 52.0 Å². The average Bonchev–Trinajstić information content (AvgIpc) is 3.63. The lowest BCUT2D eigenvalue weighted by molar-refractivity contribution is -0.134. The lowest BCUT2D eigenvalue weighted by Gasteiger charge is -2.36. The van der Waals surface area contributed by atoms with Crippen molar-refractivity contribution in [2.75, 3.05) is 42.5 Å². The number of hydrogen-bond donors (Lipinski definition) is 3. The van der Waals surface area contributed by atoms with Crippen LogP contribution in [0.4, 0.5) is 11.5 Å². The predicted octanol–water partition coefficient (Wildman–Crippen LogP) is 5.89. The Morgan fingerprint density at radius 2 is 1.66 bits per heavy atom. The smallest absolute Gasteiger partial charge is 0.355 e. The third-order valence-corrected chi connectivity index (χ3v) is 13.8. The number of rotatable bonds is 11. The number of ether oxygens (including phenoxy) is 1. The topological polar surface area (TPSA) is 193 Å². The number of carbonyl (C=O) groups is 5. The van der Waals surface area contributed by atoms with Crippen LogP contribution in [0.1, 0.15) is 101 Å². The van der Waals surface area contributed by atoms with Crippen LogP contribution in [-0.2, 0) is 34.4 Å². The van der Waals surface area contributed by atoms with Crippen molar-refractivity contribution in [2.24, 2.45) is 18.7 Å². The van der Waals surface area contributed by atoms with E-state index >= 15 is 0 Å². The van der Waals surface area contributed by atoms with Crippen LogP contribution in [0.15, 0.2) is 66.7 Å². The number of nitrogens with two attached hydrogens (primary N) is 1. The van der Waals surface area contributed by atoms with E-state index in [1.807, 2.05) is 72.3 Å². The molecule has 2 aromatic heterocycles. The third-order valence-electron chi connectivity index (χ3n) is 13.8. The molecule has 1 unspecified atom stereocenters. The van der Waals surface area contributed by atoms with Crippen LogP contribution in [0.5, 0.6) is 5.75 Å². The molecule has 15 nitrogen and oxygen atoms in total. The number of imide groups is 1. The van der Waals surface area contributed by atoms with Gasteiger partial charge in [0, 0.05) is 81.4 Å². The summed E-state index contributed by atoms with van der Waals surface area (Å²) in [5.41, 5.74) is 12.8. The molecule has 3 aromatic carbocycles. The number of benzene rings is 3. The highest BCUT2D eigenvalue weighted by Crippen LogP contribution is 2.38. The fourth-order valence-electron chi connectivity index (χ4n) is 10.1. The van der Waals surface area contributed by atoms with Crippen LogP contribution in [0.25, 0.3) is 22.0 Å². The summed E-state index contributed by atoms with van der Waals surface area (Å²) in [7, 11) is 1.87. The summed E-state index contributed by atoms with van der Waals surface area (Å²) in [4.78, 5) is 73.4. The number of nitrogens with one attached hydrogen (secondary N) is 1. The third kappa shape index (κ3) is 8.50. The summed E-state index contributed by atoms with van der Waals surface area (Å²) in [6, 6.07) is 21.1. The minimum absolute atomic E-state index is 0.0234. The average molecular weight is 867 g/mol. The van der Waals surface area contributed by atoms with Gasteiger partial charge in [0.2, 0.25) is 23.6 Å². The predicted molar refractivity (Wildman–Crippen MR) is 241 cm³/mol.